The van der Waals surface area contributed by atoms with Crippen LogP contribution in [-0.2, 0) is 6.42 Å². The van der Waals surface area contributed by atoms with E-state index < -0.39 is 0 Å². The second kappa shape index (κ2) is 10.9. The van der Waals surface area contributed by atoms with E-state index in [1.807, 2.05) is 30.3 Å². The lowest BCUT2D eigenvalue weighted by Crippen LogP contribution is -2.36. The first-order chi connectivity index (χ1) is 19.1. The Morgan fingerprint density at radius 3 is 2.18 bits per heavy atom. The Balaban J connectivity index is 1.21. The van der Waals surface area contributed by atoms with Crippen molar-refractivity contribution in [3.05, 3.63) is 90.5 Å². The molecular formula is C34H35N3O2. The van der Waals surface area contributed by atoms with Gasteiger partial charge in [0.2, 0.25) is 0 Å². The van der Waals surface area contributed by atoms with Gasteiger partial charge in [-0.25, -0.2) is 0 Å². The minimum absolute atomic E-state index is 0.438. The van der Waals surface area contributed by atoms with Crippen LogP contribution in [0.2, 0.25) is 0 Å². The van der Waals surface area contributed by atoms with E-state index in [-0.39, 0.29) is 0 Å². The quantitative estimate of drug-likeness (QED) is 0.221. The van der Waals surface area contributed by atoms with Crippen molar-refractivity contribution in [2.24, 2.45) is 5.92 Å². The Morgan fingerprint density at radius 1 is 0.718 bits per heavy atom. The molecule has 6 rings (SSSR count). The van der Waals surface area contributed by atoms with Crippen LogP contribution in [0.5, 0.6) is 11.5 Å². The highest BCUT2D eigenvalue weighted by Gasteiger charge is 2.27. The zero-order valence-electron chi connectivity index (χ0n) is 22.9. The van der Waals surface area contributed by atoms with Crippen molar-refractivity contribution in [1.82, 2.24) is 10.2 Å². The lowest BCUT2D eigenvalue weighted by molar-refractivity contribution is 0.318. The van der Waals surface area contributed by atoms with E-state index in [4.69, 9.17) is 19.7 Å². The fraction of sp³-hybridized carbons (Fsp3) is 0.294. The third-order valence-corrected chi connectivity index (χ3v) is 8.37. The molecule has 4 aromatic carbocycles. The van der Waals surface area contributed by atoms with E-state index in [0.717, 1.165) is 64.5 Å². The van der Waals surface area contributed by atoms with Crippen LogP contribution in [-0.4, -0.2) is 37.5 Å². The van der Waals surface area contributed by atoms with Crippen LogP contribution in [0.4, 0.5) is 5.82 Å². The van der Waals surface area contributed by atoms with Crippen molar-refractivity contribution in [3.63, 3.8) is 0 Å². The normalized spacial score (nSPS) is 17.3. The third kappa shape index (κ3) is 5.14. The summed E-state index contributed by atoms with van der Waals surface area (Å²) in [4.78, 5) is 2.35. The van der Waals surface area contributed by atoms with Gasteiger partial charge in [0.1, 0.15) is 17.2 Å². The SMILES string of the molecule is COc1ccc(-c2nnc(N(C)C3CCC(Cc4ccc5ccccc5c4)CC3)c3cc(OC)ccc23)cc1. The zero-order chi connectivity index (χ0) is 26.8. The summed E-state index contributed by atoms with van der Waals surface area (Å²) in [7, 11) is 5.56. The largest absolute Gasteiger partial charge is 0.497 e. The van der Waals surface area contributed by atoms with Crippen molar-refractivity contribution in [2.45, 2.75) is 38.1 Å². The van der Waals surface area contributed by atoms with Crippen LogP contribution >= 0.6 is 0 Å². The molecule has 1 aromatic heterocycles. The van der Waals surface area contributed by atoms with Gasteiger partial charge in [-0.05, 0) is 96.8 Å². The maximum Gasteiger partial charge on any atom is 0.159 e. The third-order valence-electron chi connectivity index (χ3n) is 8.37. The predicted octanol–water partition coefficient (Wildman–Crippen LogP) is 7.70. The minimum Gasteiger partial charge on any atom is -0.497 e. The van der Waals surface area contributed by atoms with Crippen molar-refractivity contribution in [2.75, 3.05) is 26.2 Å². The topological polar surface area (TPSA) is 47.5 Å². The summed E-state index contributed by atoms with van der Waals surface area (Å²) in [6.07, 6.45) is 5.91. The van der Waals surface area contributed by atoms with Gasteiger partial charge in [-0.15, -0.1) is 10.2 Å². The summed E-state index contributed by atoms with van der Waals surface area (Å²) < 4.78 is 10.9. The predicted molar refractivity (Wildman–Crippen MR) is 160 cm³/mol. The monoisotopic (exact) mass is 517 g/mol. The maximum absolute atomic E-state index is 5.59. The van der Waals surface area contributed by atoms with Crippen LogP contribution in [0.25, 0.3) is 32.8 Å². The van der Waals surface area contributed by atoms with Crippen LogP contribution in [0.3, 0.4) is 0 Å². The Morgan fingerprint density at radius 2 is 1.44 bits per heavy atom. The Kier molecular flexibility index (Phi) is 7.06. The van der Waals surface area contributed by atoms with Crippen molar-refractivity contribution in [1.29, 1.82) is 0 Å². The summed E-state index contributed by atoms with van der Waals surface area (Å²) in [5.74, 6) is 3.28. The van der Waals surface area contributed by atoms with Crippen molar-refractivity contribution in [3.8, 4) is 22.8 Å². The molecule has 198 valence electrons. The van der Waals surface area contributed by atoms with Gasteiger partial charge in [-0.1, -0.05) is 42.5 Å². The van der Waals surface area contributed by atoms with Crippen molar-refractivity contribution < 1.29 is 9.47 Å². The Bertz CT molecular complexity index is 1590. The zero-order valence-corrected chi connectivity index (χ0v) is 22.9. The van der Waals surface area contributed by atoms with Gasteiger partial charge < -0.3 is 14.4 Å². The summed E-state index contributed by atoms with van der Waals surface area (Å²) in [6.45, 7) is 0. The minimum atomic E-state index is 0.438. The second-order valence-electron chi connectivity index (χ2n) is 10.7. The van der Waals surface area contributed by atoms with E-state index in [9.17, 15) is 0 Å². The average molecular weight is 518 g/mol. The molecule has 1 saturated carbocycles. The molecule has 0 N–H and O–H groups in total. The molecule has 0 radical (unpaired) electrons. The van der Waals surface area contributed by atoms with Gasteiger partial charge in [0, 0.05) is 29.4 Å². The van der Waals surface area contributed by atoms with Crippen LogP contribution < -0.4 is 14.4 Å². The molecule has 0 saturated heterocycles. The van der Waals surface area contributed by atoms with Gasteiger partial charge in [0.05, 0.1) is 14.2 Å². The Labute approximate surface area is 230 Å². The average Bonchev–Trinajstić information content (AvgIpc) is 3.00. The molecule has 0 aliphatic heterocycles. The summed E-state index contributed by atoms with van der Waals surface area (Å²) >= 11 is 0. The molecule has 5 heteroatoms. The second-order valence-corrected chi connectivity index (χ2v) is 10.7. The highest BCUT2D eigenvalue weighted by Crippen LogP contribution is 2.37. The molecule has 0 bridgehead atoms. The maximum atomic E-state index is 5.59. The molecule has 0 amide bonds. The lowest BCUT2D eigenvalue weighted by Gasteiger charge is -2.35. The number of hydrogen-bond donors (Lipinski definition) is 0. The Hall–Kier alpha value is -4.12. The molecular weight excluding hydrogens is 482 g/mol. The summed E-state index contributed by atoms with van der Waals surface area (Å²) in [5.41, 5.74) is 3.33. The number of aromatic nitrogens is 2. The number of ether oxygens (including phenoxy) is 2. The number of methoxy groups -OCH3 is 2. The number of anilines is 1. The van der Waals surface area contributed by atoms with E-state index >= 15 is 0 Å². The molecule has 0 spiro atoms. The number of nitrogens with zero attached hydrogens (tertiary/aromatic N) is 3. The highest BCUT2D eigenvalue weighted by atomic mass is 16.5. The molecule has 1 aliphatic rings. The van der Waals surface area contributed by atoms with Crippen LogP contribution in [0, 0.1) is 5.92 Å². The van der Waals surface area contributed by atoms with Gasteiger partial charge >= 0.3 is 0 Å². The molecule has 39 heavy (non-hydrogen) atoms. The van der Waals surface area contributed by atoms with Crippen LogP contribution in [0.1, 0.15) is 31.2 Å². The highest BCUT2D eigenvalue weighted by molar-refractivity contribution is 6.01. The molecule has 0 unspecified atom stereocenters. The van der Waals surface area contributed by atoms with Gasteiger partial charge in [-0.3, -0.25) is 0 Å². The van der Waals surface area contributed by atoms with E-state index in [2.05, 4.69) is 66.5 Å². The fourth-order valence-electron chi connectivity index (χ4n) is 6.08. The smallest absolute Gasteiger partial charge is 0.159 e. The number of rotatable bonds is 7. The van der Waals surface area contributed by atoms with Crippen LogP contribution in [0.15, 0.2) is 84.9 Å². The van der Waals surface area contributed by atoms with E-state index in [0.29, 0.717) is 6.04 Å². The molecule has 1 heterocycles. The standard InChI is InChI=1S/C34H35N3O2/c1-37(28-14-9-23(10-15-28)20-24-8-11-25-6-4-5-7-27(25)21-24)34-32-22-30(39-3)18-19-31(32)33(35-36-34)26-12-16-29(38-2)17-13-26/h4-8,11-13,16-19,21-23,28H,9-10,14-15,20H2,1-3H3. The molecule has 5 aromatic rings. The van der Waals surface area contributed by atoms with Gasteiger partial charge in [-0.2, -0.15) is 0 Å². The lowest BCUT2D eigenvalue weighted by atomic mass is 9.81. The number of fused-ring (bicyclic) bond motifs is 2. The number of benzene rings is 4. The molecule has 1 aliphatic carbocycles. The summed E-state index contributed by atoms with van der Waals surface area (Å²) in [6, 6.07) is 30.2. The van der Waals surface area contributed by atoms with E-state index in [1.165, 1.54) is 29.2 Å². The summed E-state index contributed by atoms with van der Waals surface area (Å²) in [5, 5.41) is 14.3. The van der Waals surface area contributed by atoms with Gasteiger partial charge in [0.15, 0.2) is 5.82 Å². The van der Waals surface area contributed by atoms with E-state index in [1.54, 1.807) is 14.2 Å². The first-order valence-corrected chi connectivity index (χ1v) is 13.8. The fourth-order valence-corrected chi connectivity index (χ4v) is 6.08. The first kappa shape index (κ1) is 25.2. The van der Waals surface area contributed by atoms with Crippen molar-refractivity contribution >= 4 is 27.4 Å². The first-order valence-electron chi connectivity index (χ1n) is 13.8. The molecule has 0 atom stereocenters. The molecule has 5 nitrogen and oxygen atoms in total. The van der Waals surface area contributed by atoms with Gasteiger partial charge in [0.25, 0.3) is 0 Å². The number of hydrogen-bond acceptors (Lipinski definition) is 5. The molecule has 1 fully saturated rings.